The summed E-state index contributed by atoms with van der Waals surface area (Å²) in [5.74, 6) is -1.13. The van der Waals surface area contributed by atoms with Crippen molar-refractivity contribution in [1.29, 1.82) is 0 Å². The summed E-state index contributed by atoms with van der Waals surface area (Å²) in [5, 5.41) is 6.79. The molecule has 0 spiro atoms. The van der Waals surface area contributed by atoms with Gasteiger partial charge in [0.05, 0.1) is 12.2 Å². The van der Waals surface area contributed by atoms with E-state index in [2.05, 4.69) is 10.4 Å². The van der Waals surface area contributed by atoms with Gasteiger partial charge in [-0.15, -0.1) is 0 Å². The van der Waals surface area contributed by atoms with Crippen molar-refractivity contribution in [3.05, 3.63) is 128 Å². The van der Waals surface area contributed by atoms with Gasteiger partial charge in [-0.2, -0.15) is 9.78 Å². The van der Waals surface area contributed by atoms with Gasteiger partial charge >= 0.3 is 5.69 Å². The number of carbonyl (C=O) groups is 1. The lowest BCUT2D eigenvalue weighted by Gasteiger charge is -2.13. The van der Waals surface area contributed by atoms with Crippen LogP contribution in [0.5, 0.6) is 0 Å². The SMILES string of the molecule is Cc1cccc(-n2nc(C(=O)NCc3ccccc3)c(=O)n(Cc3ccc(F)cc3)c2=O)c1. The maximum absolute atomic E-state index is 13.3. The lowest BCUT2D eigenvalue weighted by atomic mass is 10.2. The van der Waals surface area contributed by atoms with Crippen molar-refractivity contribution in [2.24, 2.45) is 0 Å². The Morgan fingerprint density at radius 2 is 1.67 bits per heavy atom. The molecule has 0 saturated carbocycles. The molecule has 1 N–H and O–H groups in total. The maximum Gasteiger partial charge on any atom is 0.352 e. The number of nitrogens with zero attached hydrogens (tertiary/aromatic N) is 3. The van der Waals surface area contributed by atoms with Crippen LogP contribution in [0, 0.1) is 12.7 Å². The van der Waals surface area contributed by atoms with Gasteiger partial charge in [0, 0.05) is 6.54 Å². The van der Waals surface area contributed by atoms with Crippen molar-refractivity contribution in [3.63, 3.8) is 0 Å². The summed E-state index contributed by atoms with van der Waals surface area (Å²) in [6.45, 7) is 1.92. The van der Waals surface area contributed by atoms with E-state index in [1.807, 2.05) is 43.3 Å². The Kier molecular flexibility index (Phi) is 6.26. The monoisotopic (exact) mass is 444 g/mol. The average molecular weight is 444 g/mol. The summed E-state index contributed by atoms with van der Waals surface area (Å²) in [6.07, 6.45) is 0. The first-order valence-corrected chi connectivity index (χ1v) is 10.3. The molecule has 3 aromatic carbocycles. The molecule has 8 heteroatoms. The summed E-state index contributed by atoms with van der Waals surface area (Å²) in [6, 6.07) is 21.7. The summed E-state index contributed by atoms with van der Waals surface area (Å²) < 4.78 is 15.3. The third-order valence-corrected chi connectivity index (χ3v) is 5.07. The van der Waals surface area contributed by atoms with Crippen LogP contribution in [0.15, 0.2) is 88.5 Å². The second kappa shape index (κ2) is 9.44. The van der Waals surface area contributed by atoms with Crippen LogP contribution < -0.4 is 16.6 Å². The molecule has 1 aromatic heterocycles. The van der Waals surface area contributed by atoms with E-state index in [4.69, 9.17) is 0 Å². The fraction of sp³-hybridized carbons (Fsp3) is 0.120. The number of benzene rings is 3. The predicted molar refractivity (Wildman–Crippen MR) is 122 cm³/mol. The van der Waals surface area contributed by atoms with Crippen LogP contribution in [-0.2, 0) is 13.1 Å². The molecule has 33 heavy (non-hydrogen) atoms. The molecule has 0 aliphatic heterocycles. The summed E-state index contributed by atoms with van der Waals surface area (Å²) >= 11 is 0. The molecule has 7 nitrogen and oxygen atoms in total. The topological polar surface area (TPSA) is 86.0 Å². The largest absolute Gasteiger partial charge is 0.352 e. The van der Waals surface area contributed by atoms with Crippen molar-refractivity contribution >= 4 is 5.91 Å². The van der Waals surface area contributed by atoms with Crippen LogP contribution in [-0.4, -0.2) is 20.3 Å². The first-order chi connectivity index (χ1) is 15.9. The van der Waals surface area contributed by atoms with Gasteiger partial charge in [0.1, 0.15) is 5.82 Å². The Balaban J connectivity index is 1.78. The van der Waals surface area contributed by atoms with E-state index in [0.29, 0.717) is 11.3 Å². The van der Waals surface area contributed by atoms with E-state index in [0.717, 1.165) is 20.4 Å². The van der Waals surface area contributed by atoms with Crippen molar-refractivity contribution < 1.29 is 9.18 Å². The fourth-order valence-corrected chi connectivity index (χ4v) is 3.36. The third kappa shape index (κ3) is 4.95. The summed E-state index contributed by atoms with van der Waals surface area (Å²) in [7, 11) is 0. The molecule has 0 aliphatic rings. The maximum atomic E-state index is 13.3. The van der Waals surface area contributed by atoms with Crippen LogP contribution in [0.1, 0.15) is 27.2 Å². The lowest BCUT2D eigenvalue weighted by molar-refractivity contribution is 0.0941. The van der Waals surface area contributed by atoms with E-state index in [-0.39, 0.29) is 13.1 Å². The standard InChI is InChI=1S/C25H21FN4O3/c1-17-6-5-9-21(14-17)30-25(33)29(16-19-10-12-20(26)13-11-19)24(32)22(28-30)23(31)27-15-18-7-3-2-4-8-18/h2-14H,15-16H2,1H3,(H,27,31). The van der Waals surface area contributed by atoms with Gasteiger partial charge in [0.15, 0.2) is 0 Å². The number of amides is 1. The molecule has 166 valence electrons. The van der Waals surface area contributed by atoms with Gasteiger partial charge in [0.25, 0.3) is 11.5 Å². The quantitative estimate of drug-likeness (QED) is 0.496. The van der Waals surface area contributed by atoms with Gasteiger partial charge < -0.3 is 5.32 Å². The molecule has 0 aliphatic carbocycles. The zero-order valence-electron chi connectivity index (χ0n) is 17.9. The second-order valence-corrected chi connectivity index (χ2v) is 7.57. The van der Waals surface area contributed by atoms with Gasteiger partial charge in [0.2, 0.25) is 5.69 Å². The van der Waals surface area contributed by atoms with Gasteiger partial charge in [-0.25, -0.2) is 9.18 Å². The number of aryl methyl sites for hydroxylation is 1. The van der Waals surface area contributed by atoms with Crippen LogP contribution >= 0.6 is 0 Å². The van der Waals surface area contributed by atoms with Crippen LogP contribution in [0.4, 0.5) is 4.39 Å². The Labute approximate surface area is 188 Å². The van der Waals surface area contributed by atoms with Crippen LogP contribution in [0.25, 0.3) is 5.69 Å². The molecule has 0 atom stereocenters. The molecule has 0 bridgehead atoms. The molecule has 4 aromatic rings. The van der Waals surface area contributed by atoms with E-state index in [1.54, 1.807) is 18.2 Å². The Morgan fingerprint density at radius 1 is 0.939 bits per heavy atom. The number of halogens is 1. The zero-order chi connectivity index (χ0) is 23.4. The Bertz CT molecular complexity index is 1410. The number of aromatic nitrogens is 3. The fourth-order valence-electron chi connectivity index (χ4n) is 3.36. The van der Waals surface area contributed by atoms with Crippen LogP contribution in [0.2, 0.25) is 0 Å². The second-order valence-electron chi connectivity index (χ2n) is 7.57. The highest BCUT2D eigenvalue weighted by atomic mass is 19.1. The molecule has 0 fully saturated rings. The molecule has 0 unspecified atom stereocenters. The minimum absolute atomic E-state index is 0.134. The van der Waals surface area contributed by atoms with Crippen molar-refractivity contribution in [2.75, 3.05) is 0 Å². The highest BCUT2D eigenvalue weighted by Gasteiger charge is 2.20. The summed E-state index contributed by atoms with van der Waals surface area (Å²) in [4.78, 5) is 39.2. The summed E-state index contributed by atoms with van der Waals surface area (Å²) in [5.41, 5.74) is 0.762. The molecule has 1 heterocycles. The van der Waals surface area contributed by atoms with Gasteiger partial charge in [-0.05, 0) is 47.9 Å². The molecule has 0 radical (unpaired) electrons. The number of carbonyl (C=O) groups excluding carboxylic acids is 1. The van der Waals surface area contributed by atoms with Gasteiger partial charge in [-0.3, -0.25) is 14.2 Å². The normalized spacial score (nSPS) is 10.7. The predicted octanol–water partition coefficient (Wildman–Crippen LogP) is 2.82. The van der Waals surface area contributed by atoms with Crippen molar-refractivity contribution in [2.45, 2.75) is 20.0 Å². The molecular weight excluding hydrogens is 423 g/mol. The number of hydrogen-bond acceptors (Lipinski definition) is 4. The van der Waals surface area contributed by atoms with E-state index in [1.165, 1.54) is 24.3 Å². The average Bonchev–Trinajstić information content (AvgIpc) is 2.82. The smallest absolute Gasteiger partial charge is 0.346 e. The van der Waals surface area contributed by atoms with Gasteiger partial charge in [-0.1, -0.05) is 54.6 Å². The first-order valence-electron chi connectivity index (χ1n) is 10.3. The van der Waals surface area contributed by atoms with Crippen molar-refractivity contribution in [1.82, 2.24) is 19.7 Å². The molecular formula is C25H21FN4O3. The zero-order valence-corrected chi connectivity index (χ0v) is 17.9. The minimum atomic E-state index is -0.821. The Hall–Kier alpha value is -4.33. The highest BCUT2D eigenvalue weighted by Crippen LogP contribution is 2.08. The number of nitrogens with one attached hydrogen (secondary N) is 1. The van der Waals surface area contributed by atoms with E-state index >= 15 is 0 Å². The lowest BCUT2D eigenvalue weighted by Crippen LogP contribution is -2.46. The van der Waals surface area contributed by atoms with Crippen LogP contribution in [0.3, 0.4) is 0 Å². The number of hydrogen-bond donors (Lipinski definition) is 1. The molecule has 4 rings (SSSR count). The first kappa shape index (κ1) is 21.9. The molecule has 1 amide bonds. The highest BCUT2D eigenvalue weighted by molar-refractivity contribution is 5.91. The third-order valence-electron chi connectivity index (χ3n) is 5.07. The molecule has 0 saturated heterocycles. The number of rotatable bonds is 6. The van der Waals surface area contributed by atoms with E-state index < -0.39 is 28.7 Å². The van der Waals surface area contributed by atoms with E-state index in [9.17, 15) is 18.8 Å². The van der Waals surface area contributed by atoms with Crippen molar-refractivity contribution in [3.8, 4) is 5.69 Å². The minimum Gasteiger partial charge on any atom is -0.346 e. The Morgan fingerprint density at radius 3 is 2.36 bits per heavy atom.